The van der Waals surface area contributed by atoms with Crippen molar-refractivity contribution >= 4 is 17.2 Å². The van der Waals surface area contributed by atoms with Crippen LogP contribution in [0.15, 0.2) is 12.3 Å². The third kappa shape index (κ3) is 2.29. The average molecular weight is 266 g/mol. The van der Waals surface area contributed by atoms with Gasteiger partial charge >= 0.3 is 0 Å². The van der Waals surface area contributed by atoms with Gasteiger partial charge in [-0.1, -0.05) is 0 Å². The van der Waals surface area contributed by atoms with Crippen LogP contribution in [0.3, 0.4) is 0 Å². The van der Waals surface area contributed by atoms with E-state index in [1.807, 2.05) is 0 Å². The summed E-state index contributed by atoms with van der Waals surface area (Å²) in [6.45, 7) is 0. The predicted octanol–water partition coefficient (Wildman–Crippen LogP) is 1.25. The van der Waals surface area contributed by atoms with Gasteiger partial charge in [-0.05, 0) is 5.82 Å². The summed E-state index contributed by atoms with van der Waals surface area (Å²) in [7, 11) is 0. The summed E-state index contributed by atoms with van der Waals surface area (Å²) in [6, 6.07) is 1.11. The summed E-state index contributed by atoms with van der Waals surface area (Å²) >= 11 is 0. The van der Waals surface area contributed by atoms with Crippen molar-refractivity contribution in [2.45, 2.75) is 0 Å². The molecule has 0 aliphatic rings. The van der Waals surface area contributed by atoms with Crippen LogP contribution in [0.25, 0.3) is 5.73 Å². The molecule has 12 heavy (non-hydrogen) atoms. The van der Waals surface area contributed by atoms with Crippen molar-refractivity contribution in [3.8, 4) is 0 Å². The maximum Gasteiger partial charge on any atom is 0.267 e. The number of nitrogen functional groups attached to an aromatic ring is 1. The molecule has 0 aliphatic carbocycles. The van der Waals surface area contributed by atoms with Crippen LogP contribution in [0.1, 0.15) is 0 Å². The first-order chi connectivity index (χ1) is 5.11. The minimum atomic E-state index is -0.608. The number of nitro groups is 1. The molecule has 0 bridgehead atoms. The normalized spacial score (nSPS) is 8.67. The molecule has 7 heteroatoms. The first-order valence-corrected chi connectivity index (χ1v) is 2.73. The fourth-order valence-electron chi connectivity index (χ4n) is 0.570. The SMILES string of the molecule is [Cd].[NH-]c1ncc([N+](=O)[O-])cc1N. The predicted molar refractivity (Wildman–Crippen MR) is 39.3 cm³/mol. The van der Waals surface area contributed by atoms with E-state index in [4.69, 9.17) is 11.5 Å². The molecule has 0 fully saturated rings. The van der Waals surface area contributed by atoms with Crippen molar-refractivity contribution in [3.05, 3.63) is 28.1 Å². The van der Waals surface area contributed by atoms with Crippen LogP contribution in [-0.2, 0) is 27.3 Å². The van der Waals surface area contributed by atoms with Gasteiger partial charge in [0.15, 0.2) is 0 Å². The van der Waals surface area contributed by atoms with E-state index in [0.717, 1.165) is 12.3 Å². The van der Waals surface area contributed by atoms with Gasteiger partial charge in [0, 0.05) is 45.2 Å². The molecule has 0 saturated heterocycles. The fourth-order valence-corrected chi connectivity index (χ4v) is 0.570. The summed E-state index contributed by atoms with van der Waals surface area (Å²) < 4.78 is 0. The third-order valence-corrected chi connectivity index (χ3v) is 1.11. The van der Waals surface area contributed by atoms with Gasteiger partial charge in [-0.3, -0.25) is 10.1 Å². The van der Waals surface area contributed by atoms with Gasteiger partial charge < -0.3 is 16.5 Å². The van der Waals surface area contributed by atoms with Crippen LogP contribution in [-0.4, -0.2) is 9.91 Å². The molecule has 0 spiro atoms. The molecule has 0 aromatic carbocycles. The molecule has 0 saturated carbocycles. The summed E-state index contributed by atoms with van der Waals surface area (Å²) in [5, 5.41) is 10.1. The first-order valence-electron chi connectivity index (χ1n) is 2.73. The van der Waals surface area contributed by atoms with Gasteiger partial charge in [-0.2, -0.15) is 0 Å². The first kappa shape index (κ1) is 11.1. The number of hydrogen-bond acceptors (Lipinski definition) is 4. The Morgan fingerprint density at radius 2 is 2.25 bits per heavy atom. The van der Waals surface area contributed by atoms with Crippen molar-refractivity contribution < 1.29 is 32.2 Å². The van der Waals surface area contributed by atoms with Gasteiger partial charge in [0.1, 0.15) is 0 Å². The third-order valence-electron chi connectivity index (χ3n) is 1.11. The molecule has 6 nitrogen and oxygen atoms in total. The smallest absolute Gasteiger partial charge is 0.267 e. The minimum Gasteiger partial charge on any atom is -0.480 e. The molecule has 3 N–H and O–H groups in total. The summed E-state index contributed by atoms with van der Waals surface area (Å²) in [5.74, 6) is -0.143. The van der Waals surface area contributed by atoms with Crippen LogP contribution in [0.5, 0.6) is 0 Å². The van der Waals surface area contributed by atoms with Crippen molar-refractivity contribution in [2.24, 2.45) is 0 Å². The van der Waals surface area contributed by atoms with Crippen LogP contribution in [0, 0.1) is 10.1 Å². The molecule has 0 aliphatic heterocycles. The largest absolute Gasteiger partial charge is 0.480 e. The minimum absolute atomic E-state index is 0. The number of nitrogens with two attached hydrogens (primary N) is 1. The fraction of sp³-hybridized carbons (Fsp3) is 0. The molecule has 60 valence electrons. The second kappa shape index (κ2) is 4.19. The van der Waals surface area contributed by atoms with Gasteiger partial charge in [-0.25, -0.2) is 0 Å². The summed E-state index contributed by atoms with van der Waals surface area (Å²) in [6.07, 6.45) is 0.999. The molecule has 0 amide bonds. The van der Waals surface area contributed by atoms with Crippen LogP contribution < -0.4 is 5.73 Å². The Morgan fingerprint density at radius 1 is 1.67 bits per heavy atom. The zero-order valence-electron chi connectivity index (χ0n) is 6.15. The number of pyridine rings is 1. The van der Waals surface area contributed by atoms with Crippen molar-refractivity contribution in [1.29, 1.82) is 0 Å². The maximum atomic E-state index is 10.1. The molecule has 1 aromatic rings. The number of anilines is 1. The zero-order valence-corrected chi connectivity index (χ0v) is 10.2. The Balaban J connectivity index is 0.00000121. The Hall–Kier alpha value is -0.928. The van der Waals surface area contributed by atoms with Gasteiger partial charge in [-0.15, -0.1) is 0 Å². The van der Waals surface area contributed by atoms with E-state index in [0.29, 0.717) is 0 Å². The average Bonchev–Trinajstić information content (AvgIpc) is 1.94. The molecule has 1 rings (SSSR count). The monoisotopic (exact) mass is 267 g/mol. The van der Waals surface area contributed by atoms with E-state index in [9.17, 15) is 10.1 Å². The quantitative estimate of drug-likeness (QED) is 0.468. The number of nitrogens with zero attached hydrogens (tertiary/aromatic N) is 2. The maximum absolute atomic E-state index is 10.1. The van der Waals surface area contributed by atoms with E-state index in [-0.39, 0.29) is 44.5 Å². The molecular formula is C5H5CdN4O2-. The molecular weight excluding hydrogens is 260 g/mol. The Kier molecular flexibility index (Phi) is 3.86. The summed E-state index contributed by atoms with van der Waals surface area (Å²) in [5.41, 5.74) is 12.0. The van der Waals surface area contributed by atoms with Gasteiger partial charge in [0.2, 0.25) is 0 Å². The Morgan fingerprint density at radius 3 is 2.67 bits per heavy atom. The van der Waals surface area contributed by atoms with E-state index < -0.39 is 4.92 Å². The van der Waals surface area contributed by atoms with Crippen molar-refractivity contribution in [3.63, 3.8) is 0 Å². The van der Waals surface area contributed by atoms with E-state index >= 15 is 0 Å². The van der Waals surface area contributed by atoms with E-state index in [2.05, 4.69) is 4.98 Å². The number of aromatic nitrogens is 1. The second-order valence-corrected chi connectivity index (χ2v) is 1.89. The van der Waals surface area contributed by atoms with Crippen molar-refractivity contribution in [2.75, 3.05) is 5.73 Å². The number of nitrogens with one attached hydrogen (secondary N) is 1. The number of rotatable bonds is 1. The van der Waals surface area contributed by atoms with Crippen molar-refractivity contribution in [1.82, 2.24) is 4.98 Å². The molecule has 0 atom stereocenters. The molecule has 1 aromatic heterocycles. The standard InChI is InChI=1S/C5H5N4O2.Cd/c6-4-1-3(9(10)11)2-8-5(4)7;/h1-2H,6H2,(H-,7,8);/q-1;. The van der Waals surface area contributed by atoms with Gasteiger partial charge in [0.05, 0.1) is 4.92 Å². The zero-order chi connectivity index (χ0) is 8.43. The summed E-state index contributed by atoms with van der Waals surface area (Å²) in [4.78, 5) is 12.9. The number of hydrogen-bond donors (Lipinski definition) is 1. The molecule has 0 radical (unpaired) electrons. The van der Waals surface area contributed by atoms with Crippen LogP contribution >= 0.6 is 0 Å². The Bertz CT molecular complexity index is 303. The van der Waals surface area contributed by atoms with E-state index in [1.54, 1.807) is 0 Å². The van der Waals surface area contributed by atoms with Crippen LogP contribution in [0.2, 0.25) is 0 Å². The second-order valence-electron chi connectivity index (χ2n) is 1.89. The molecule has 1 heterocycles. The topological polar surface area (TPSA) is 106 Å². The van der Waals surface area contributed by atoms with Crippen LogP contribution in [0.4, 0.5) is 17.2 Å². The molecule has 0 unspecified atom stereocenters. The van der Waals surface area contributed by atoms with Gasteiger partial charge in [0.25, 0.3) is 5.69 Å². The van der Waals surface area contributed by atoms with E-state index in [1.165, 1.54) is 0 Å². The Labute approximate surface area is 88.3 Å².